The van der Waals surface area contributed by atoms with Gasteiger partial charge in [-0.15, -0.1) is 11.8 Å². The molecule has 5 nitrogen and oxygen atoms in total. The molecule has 7 heteroatoms. The van der Waals surface area contributed by atoms with Crippen molar-refractivity contribution >= 4 is 35.0 Å². The average Bonchev–Trinajstić information content (AvgIpc) is 2.82. The van der Waals surface area contributed by atoms with Gasteiger partial charge in [0.2, 0.25) is 0 Å². The van der Waals surface area contributed by atoms with E-state index in [-0.39, 0.29) is 5.91 Å². The molecule has 0 spiro atoms. The van der Waals surface area contributed by atoms with Gasteiger partial charge in [0.05, 0.1) is 18.0 Å². The van der Waals surface area contributed by atoms with Crippen LogP contribution in [0.15, 0.2) is 47.4 Å². The molecule has 0 aromatic heterocycles. The zero-order chi connectivity index (χ0) is 21.0. The van der Waals surface area contributed by atoms with Crippen LogP contribution < -0.4 is 9.64 Å². The van der Waals surface area contributed by atoms with Crippen molar-refractivity contribution in [1.82, 2.24) is 4.90 Å². The van der Waals surface area contributed by atoms with Crippen LogP contribution in [-0.2, 0) is 4.79 Å². The van der Waals surface area contributed by atoms with E-state index < -0.39 is 11.4 Å². The Hall–Kier alpha value is -1.73. The van der Waals surface area contributed by atoms with Gasteiger partial charge in [0.1, 0.15) is 11.9 Å². The number of carbonyl (C=O) groups is 1. The summed E-state index contributed by atoms with van der Waals surface area (Å²) >= 11 is 7.72. The number of likely N-dealkylation sites (N-methyl/N-ethyl adjacent to an activating group) is 1. The van der Waals surface area contributed by atoms with Crippen molar-refractivity contribution in [2.24, 2.45) is 0 Å². The number of benzene rings is 2. The lowest BCUT2D eigenvalue weighted by atomic mass is 10.1. The number of thioether (sulfide) groups is 1. The number of carbonyl (C=O) groups excluding carboxylic acids is 1. The van der Waals surface area contributed by atoms with Crippen LogP contribution in [0.4, 0.5) is 5.69 Å². The number of hydrogen-bond donors (Lipinski definition) is 1. The molecule has 3 rings (SSSR count). The van der Waals surface area contributed by atoms with Crippen LogP contribution in [0.3, 0.4) is 0 Å². The second-order valence-corrected chi connectivity index (χ2v) is 8.78. The zero-order valence-corrected chi connectivity index (χ0v) is 18.5. The van der Waals surface area contributed by atoms with Crippen molar-refractivity contribution in [1.29, 1.82) is 0 Å². The summed E-state index contributed by atoms with van der Waals surface area (Å²) < 4.78 is 5.23. The van der Waals surface area contributed by atoms with Crippen molar-refractivity contribution in [3.05, 3.63) is 53.1 Å². The van der Waals surface area contributed by atoms with Gasteiger partial charge in [-0.25, -0.2) is 0 Å². The van der Waals surface area contributed by atoms with E-state index in [4.69, 9.17) is 16.3 Å². The number of ether oxygens (including phenoxy) is 1. The van der Waals surface area contributed by atoms with E-state index in [1.807, 2.05) is 43.4 Å². The molecule has 1 N–H and O–H groups in total. The van der Waals surface area contributed by atoms with E-state index >= 15 is 0 Å². The van der Waals surface area contributed by atoms with Gasteiger partial charge in [-0.05, 0) is 55.9 Å². The molecule has 0 aliphatic carbocycles. The van der Waals surface area contributed by atoms with Crippen LogP contribution in [0.2, 0.25) is 5.02 Å². The molecule has 1 heterocycles. The average molecular weight is 435 g/mol. The molecular formula is C22H27ClN2O3S. The van der Waals surface area contributed by atoms with Crippen molar-refractivity contribution in [3.63, 3.8) is 0 Å². The second kappa shape index (κ2) is 9.85. The molecule has 156 valence electrons. The first kappa shape index (κ1) is 22.0. The van der Waals surface area contributed by atoms with Gasteiger partial charge in [-0.1, -0.05) is 30.7 Å². The lowest BCUT2D eigenvalue weighted by Gasteiger charge is -2.27. The number of hydrogen-bond acceptors (Lipinski definition) is 5. The fourth-order valence-electron chi connectivity index (χ4n) is 3.45. The number of amides is 1. The highest BCUT2D eigenvalue weighted by atomic mass is 35.5. The second-order valence-electron chi connectivity index (χ2n) is 7.16. The smallest absolute Gasteiger partial charge is 0.257 e. The summed E-state index contributed by atoms with van der Waals surface area (Å²) in [5.41, 5.74) is 1.66. The molecule has 29 heavy (non-hydrogen) atoms. The highest BCUT2D eigenvalue weighted by Gasteiger charge is 2.37. The first-order valence-corrected chi connectivity index (χ1v) is 11.0. The third kappa shape index (κ3) is 5.07. The Morgan fingerprint density at radius 1 is 1.21 bits per heavy atom. The molecular weight excluding hydrogens is 408 g/mol. The molecule has 2 atom stereocenters. The lowest BCUT2D eigenvalue weighted by molar-refractivity contribution is -0.126. The summed E-state index contributed by atoms with van der Waals surface area (Å²) in [6, 6.07) is 13.0. The van der Waals surface area contributed by atoms with Gasteiger partial charge < -0.3 is 19.6 Å². The van der Waals surface area contributed by atoms with E-state index in [1.54, 1.807) is 18.1 Å². The van der Waals surface area contributed by atoms with Crippen LogP contribution >= 0.6 is 23.4 Å². The maximum Gasteiger partial charge on any atom is 0.257 e. The lowest BCUT2D eigenvalue weighted by Crippen LogP contribution is -2.43. The van der Waals surface area contributed by atoms with Crippen molar-refractivity contribution in [2.45, 2.75) is 29.6 Å². The highest BCUT2D eigenvalue weighted by molar-refractivity contribution is 7.99. The fraction of sp³-hybridized carbons (Fsp3) is 0.409. The van der Waals surface area contributed by atoms with E-state index in [9.17, 15) is 9.90 Å². The van der Waals surface area contributed by atoms with Gasteiger partial charge in [-0.2, -0.15) is 0 Å². The van der Waals surface area contributed by atoms with E-state index in [1.165, 1.54) is 11.8 Å². The minimum atomic E-state index is -1.16. The monoisotopic (exact) mass is 434 g/mol. The standard InChI is InChI=1S/C22H27ClN2O3S/c1-4-11-24(2)12-13-25-18-10-7-16(23)14-19(18)29-21(20(26)22(25)27)15-5-8-17(28-3)9-6-15/h5-10,14,20-21,26H,4,11-13H2,1-3H3. The minimum absolute atomic E-state index is 0.288. The van der Waals surface area contributed by atoms with Gasteiger partial charge in [-0.3, -0.25) is 4.79 Å². The summed E-state index contributed by atoms with van der Waals surface area (Å²) in [7, 11) is 3.65. The number of methoxy groups -OCH3 is 1. The number of fused-ring (bicyclic) bond motifs is 1. The number of aliphatic hydroxyl groups is 1. The molecule has 0 bridgehead atoms. The Bertz CT molecular complexity index is 846. The first-order chi connectivity index (χ1) is 13.9. The predicted molar refractivity (Wildman–Crippen MR) is 119 cm³/mol. The van der Waals surface area contributed by atoms with Crippen LogP contribution in [0.1, 0.15) is 24.2 Å². The first-order valence-electron chi connectivity index (χ1n) is 9.72. The quantitative estimate of drug-likeness (QED) is 0.706. The Morgan fingerprint density at radius 3 is 2.59 bits per heavy atom. The summed E-state index contributed by atoms with van der Waals surface area (Å²) in [4.78, 5) is 18.0. The molecule has 1 aliphatic heterocycles. The number of nitrogens with zero attached hydrogens (tertiary/aromatic N) is 2. The number of anilines is 1. The van der Waals surface area contributed by atoms with Crippen LogP contribution in [0.5, 0.6) is 5.75 Å². The third-order valence-corrected chi connectivity index (χ3v) is 6.63. The normalized spacial score (nSPS) is 19.2. The SMILES string of the molecule is CCCN(C)CCN1C(=O)C(O)C(c2ccc(OC)cc2)Sc2cc(Cl)ccc21. The topological polar surface area (TPSA) is 53.0 Å². The molecule has 2 aromatic rings. The Labute approximate surface area is 181 Å². The van der Waals surface area contributed by atoms with Gasteiger partial charge in [0.25, 0.3) is 5.91 Å². The summed E-state index contributed by atoms with van der Waals surface area (Å²) in [5.74, 6) is 0.446. The van der Waals surface area contributed by atoms with Gasteiger partial charge in [0, 0.05) is 23.0 Å². The molecule has 2 unspecified atom stereocenters. The number of halogens is 1. The largest absolute Gasteiger partial charge is 0.497 e. The summed E-state index contributed by atoms with van der Waals surface area (Å²) in [6.45, 7) is 4.33. The fourth-order valence-corrected chi connectivity index (χ4v) is 5.00. The van der Waals surface area contributed by atoms with Crippen molar-refractivity contribution < 1.29 is 14.6 Å². The van der Waals surface area contributed by atoms with Crippen molar-refractivity contribution in [3.8, 4) is 5.75 Å². The highest BCUT2D eigenvalue weighted by Crippen LogP contribution is 2.46. The molecule has 1 amide bonds. The van der Waals surface area contributed by atoms with Gasteiger partial charge in [0.15, 0.2) is 0 Å². The Kier molecular flexibility index (Phi) is 7.46. The minimum Gasteiger partial charge on any atom is -0.497 e. The number of rotatable bonds is 7. The summed E-state index contributed by atoms with van der Waals surface area (Å²) in [6.07, 6.45) is -0.106. The maximum atomic E-state index is 13.3. The van der Waals surface area contributed by atoms with E-state index in [0.29, 0.717) is 11.6 Å². The van der Waals surface area contributed by atoms with Crippen LogP contribution in [-0.4, -0.2) is 55.8 Å². The van der Waals surface area contributed by atoms with Crippen molar-refractivity contribution in [2.75, 3.05) is 38.7 Å². The maximum absolute atomic E-state index is 13.3. The Morgan fingerprint density at radius 2 is 1.93 bits per heavy atom. The number of aliphatic hydroxyl groups excluding tert-OH is 1. The molecule has 0 saturated heterocycles. The molecule has 0 radical (unpaired) electrons. The summed E-state index contributed by atoms with van der Waals surface area (Å²) in [5, 5.41) is 11.2. The third-order valence-electron chi connectivity index (χ3n) is 5.03. The van der Waals surface area contributed by atoms with E-state index in [2.05, 4.69) is 11.8 Å². The van der Waals surface area contributed by atoms with E-state index in [0.717, 1.165) is 41.4 Å². The van der Waals surface area contributed by atoms with Crippen LogP contribution in [0.25, 0.3) is 0 Å². The zero-order valence-electron chi connectivity index (χ0n) is 17.0. The molecule has 2 aromatic carbocycles. The predicted octanol–water partition coefficient (Wildman–Crippen LogP) is 4.23. The van der Waals surface area contributed by atoms with Crippen LogP contribution in [0, 0.1) is 0 Å². The molecule has 0 fully saturated rings. The molecule has 0 saturated carbocycles. The Balaban J connectivity index is 1.94. The van der Waals surface area contributed by atoms with Gasteiger partial charge >= 0.3 is 0 Å². The molecule has 1 aliphatic rings.